The zero-order valence-corrected chi connectivity index (χ0v) is 15.1. The highest BCUT2D eigenvalue weighted by molar-refractivity contribution is 6.30. The fraction of sp³-hybridized carbons (Fsp3) is 0.150. The predicted molar refractivity (Wildman–Crippen MR) is 107 cm³/mol. The number of carbonyl (C=O) groups excluding carboxylic acids is 2. The molecule has 2 N–H and O–H groups in total. The van der Waals surface area contributed by atoms with Gasteiger partial charge in [0.05, 0.1) is 11.4 Å². The molecule has 2 aliphatic heterocycles. The van der Waals surface area contributed by atoms with E-state index in [0.717, 1.165) is 11.4 Å². The first kappa shape index (κ1) is 17.3. The number of nitrogens with one attached hydrogen (secondary N) is 2. The first-order valence-corrected chi connectivity index (χ1v) is 8.93. The molecular formula is C20H17ClN4O2. The fourth-order valence-electron chi connectivity index (χ4n) is 3.30. The van der Waals surface area contributed by atoms with E-state index in [9.17, 15) is 9.59 Å². The molecule has 2 aromatic carbocycles. The van der Waals surface area contributed by atoms with Gasteiger partial charge in [-0.15, -0.1) is 0 Å². The zero-order chi connectivity index (χ0) is 18.9. The molecule has 27 heavy (non-hydrogen) atoms. The van der Waals surface area contributed by atoms with Crippen LogP contribution in [0, 0.1) is 0 Å². The Bertz CT molecular complexity index is 958. The predicted octanol–water partition coefficient (Wildman–Crippen LogP) is 3.34. The largest absolute Gasteiger partial charge is 0.382 e. The van der Waals surface area contributed by atoms with Crippen LogP contribution >= 0.6 is 11.6 Å². The number of hydrogen-bond donors (Lipinski definition) is 2. The van der Waals surface area contributed by atoms with Crippen molar-refractivity contribution >= 4 is 41.1 Å². The maximum atomic E-state index is 13.1. The van der Waals surface area contributed by atoms with Crippen LogP contribution in [0.4, 0.5) is 16.2 Å². The van der Waals surface area contributed by atoms with Crippen molar-refractivity contribution in [2.45, 2.75) is 5.54 Å². The van der Waals surface area contributed by atoms with Gasteiger partial charge in [0.15, 0.2) is 5.54 Å². The van der Waals surface area contributed by atoms with E-state index in [1.807, 2.05) is 24.3 Å². The number of nitrogens with zero attached hydrogens (tertiary/aromatic N) is 2. The molecule has 1 atom stereocenters. The lowest BCUT2D eigenvalue weighted by molar-refractivity contribution is -0.123. The van der Waals surface area contributed by atoms with Gasteiger partial charge >= 0.3 is 6.03 Å². The zero-order valence-electron chi connectivity index (χ0n) is 14.4. The number of anilines is 2. The Balaban J connectivity index is 1.61. The SMILES string of the molecule is O=C(NC(=O)C1(c2cccc(Cl)c2)C=CC=N1)N1CCNc2ccccc21. The molecule has 7 heteroatoms. The average molecular weight is 381 g/mol. The van der Waals surface area contributed by atoms with Crippen molar-refractivity contribution in [3.63, 3.8) is 0 Å². The number of fused-ring (bicyclic) bond motifs is 1. The van der Waals surface area contributed by atoms with E-state index < -0.39 is 17.5 Å². The van der Waals surface area contributed by atoms with Gasteiger partial charge in [0.25, 0.3) is 5.91 Å². The summed E-state index contributed by atoms with van der Waals surface area (Å²) in [6.45, 7) is 1.06. The van der Waals surface area contributed by atoms with Crippen molar-refractivity contribution in [3.05, 3.63) is 71.3 Å². The van der Waals surface area contributed by atoms with Gasteiger partial charge in [0, 0.05) is 24.3 Å². The number of urea groups is 1. The van der Waals surface area contributed by atoms with E-state index >= 15 is 0 Å². The molecule has 0 aromatic heterocycles. The van der Waals surface area contributed by atoms with Gasteiger partial charge < -0.3 is 5.32 Å². The molecule has 1 unspecified atom stereocenters. The van der Waals surface area contributed by atoms with Crippen LogP contribution in [0.1, 0.15) is 5.56 Å². The van der Waals surface area contributed by atoms with Gasteiger partial charge in [-0.3, -0.25) is 20.0 Å². The van der Waals surface area contributed by atoms with Crippen LogP contribution < -0.4 is 15.5 Å². The molecule has 0 fully saturated rings. The Morgan fingerprint density at radius 3 is 2.81 bits per heavy atom. The Labute approximate surface area is 161 Å². The number of allylic oxidation sites excluding steroid dienone is 1. The Morgan fingerprint density at radius 2 is 2.04 bits per heavy atom. The average Bonchev–Trinajstić information content (AvgIpc) is 3.19. The van der Waals surface area contributed by atoms with Gasteiger partial charge in [0.2, 0.25) is 0 Å². The summed E-state index contributed by atoms with van der Waals surface area (Å²) in [5, 5.41) is 6.24. The van der Waals surface area contributed by atoms with Crippen molar-refractivity contribution in [3.8, 4) is 0 Å². The summed E-state index contributed by atoms with van der Waals surface area (Å²) < 4.78 is 0. The molecule has 4 rings (SSSR count). The monoisotopic (exact) mass is 380 g/mol. The second-order valence-electron chi connectivity index (χ2n) is 6.27. The number of benzene rings is 2. The standard InChI is InChI=1S/C20H17ClN4O2/c21-15-6-3-5-14(13-15)20(9-4-10-23-20)18(26)24-19(27)25-12-11-22-16-7-1-2-8-17(16)25/h1-10,13,22H,11-12H2,(H,24,26,27). The summed E-state index contributed by atoms with van der Waals surface area (Å²) in [7, 11) is 0. The quantitative estimate of drug-likeness (QED) is 0.839. The fourth-order valence-corrected chi connectivity index (χ4v) is 3.49. The number of aliphatic imine (C=N–C) groups is 1. The first-order valence-electron chi connectivity index (χ1n) is 8.55. The number of hydrogen-bond acceptors (Lipinski definition) is 4. The highest BCUT2D eigenvalue weighted by Gasteiger charge is 2.40. The minimum absolute atomic E-state index is 0.458. The molecule has 3 amide bonds. The molecule has 2 heterocycles. The van der Waals surface area contributed by atoms with Crippen LogP contribution in [-0.4, -0.2) is 31.2 Å². The molecule has 0 bridgehead atoms. The van der Waals surface area contributed by atoms with E-state index in [-0.39, 0.29) is 0 Å². The molecular weight excluding hydrogens is 364 g/mol. The number of halogens is 1. The molecule has 2 aromatic rings. The minimum Gasteiger partial charge on any atom is -0.382 e. The highest BCUT2D eigenvalue weighted by Crippen LogP contribution is 2.33. The van der Waals surface area contributed by atoms with E-state index in [1.54, 1.807) is 47.5 Å². The molecule has 0 saturated carbocycles. The van der Waals surface area contributed by atoms with E-state index in [0.29, 0.717) is 23.7 Å². The van der Waals surface area contributed by atoms with Crippen LogP contribution in [0.3, 0.4) is 0 Å². The summed E-state index contributed by atoms with van der Waals surface area (Å²) in [6, 6.07) is 13.9. The van der Waals surface area contributed by atoms with Crippen LogP contribution in [0.15, 0.2) is 65.7 Å². The van der Waals surface area contributed by atoms with Crippen LogP contribution in [0.5, 0.6) is 0 Å². The van der Waals surface area contributed by atoms with Gasteiger partial charge in [-0.25, -0.2) is 4.79 Å². The molecule has 0 aliphatic carbocycles. The number of para-hydroxylation sites is 2. The van der Waals surface area contributed by atoms with Crippen LogP contribution in [0.25, 0.3) is 0 Å². The maximum Gasteiger partial charge on any atom is 0.328 e. The molecule has 2 aliphatic rings. The number of carbonyl (C=O) groups is 2. The van der Waals surface area contributed by atoms with E-state index in [4.69, 9.17) is 11.6 Å². The van der Waals surface area contributed by atoms with E-state index in [1.165, 1.54) is 0 Å². The maximum absolute atomic E-state index is 13.1. The molecule has 6 nitrogen and oxygen atoms in total. The third-order valence-electron chi connectivity index (χ3n) is 4.62. The van der Waals surface area contributed by atoms with Crippen molar-refractivity contribution in [1.82, 2.24) is 5.32 Å². The van der Waals surface area contributed by atoms with Gasteiger partial charge in [0.1, 0.15) is 0 Å². The Kier molecular flexibility index (Phi) is 4.41. The van der Waals surface area contributed by atoms with Crippen LogP contribution in [0.2, 0.25) is 5.02 Å². The molecule has 136 valence electrons. The van der Waals surface area contributed by atoms with Crippen molar-refractivity contribution in [2.75, 3.05) is 23.3 Å². The van der Waals surface area contributed by atoms with Crippen molar-refractivity contribution in [2.24, 2.45) is 4.99 Å². The molecule has 0 spiro atoms. The summed E-state index contributed by atoms with van der Waals surface area (Å²) in [5.74, 6) is -0.518. The lowest BCUT2D eigenvalue weighted by atomic mass is 9.90. The molecule has 0 saturated heterocycles. The van der Waals surface area contributed by atoms with Crippen molar-refractivity contribution in [1.29, 1.82) is 0 Å². The highest BCUT2D eigenvalue weighted by atomic mass is 35.5. The Morgan fingerprint density at radius 1 is 1.19 bits per heavy atom. The van der Waals surface area contributed by atoms with Gasteiger partial charge in [-0.2, -0.15) is 0 Å². The van der Waals surface area contributed by atoms with Gasteiger partial charge in [-0.1, -0.05) is 35.9 Å². The summed E-state index contributed by atoms with van der Waals surface area (Å²) >= 11 is 6.08. The van der Waals surface area contributed by atoms with Gasteiger partial charge in [-0.05, 0) is 42.0 Å². The Hall–Kier alpha value is -3.12. The third kappa shape index (κ3) is 3.08. The smallest absolute Gasteiger partial charge is 0.328 e. The summed E-state index contributed by atoms with van der Waals surface area (Å²) in [6.07, 6.45) is 4.89. The second-order valence-corrected chi connectivity index (χ2v) is 6.71. The number of imide groups is 1. The summed E-state index contributed by atoms with van der Waals surface area (Å²) in [4.78, 5) is 31.8. The topological polar surface area (TPSA) is 73.8 Å². The summed E-state index contributed by atoms with van der Waals surface area (Å²) in [5.41, 5.74) is 0.894. The lowest BCUT2D eigenvalue weighted by Gasteiger charge is -2.31. The normalized spacial score (nSPS) is 20.1. The van der Waals surface area contributed by atoms with E-state index in [2.05, 4.69) is 15.6 Å². The number of amides is 3. The minimum atomic E-state index is -1.30. The second kappa shape index (κ2) is 6.89. The van der Waals surface area contributed by atoms with Crippen molar-refractivity contribution < 1.29 is 9.59 Å². The van der Waals surface area contributed by atoms with Crippen LogP contribution in [-0.2, 0) is 10.3 Å². The lowest BCUT2D eigenvalue weighted by Crippen LogP contribution is -2.51. The first-order chi connectivity index (χ1) is 13.1. The number of rotatable bonds is 2. The molecule has 0 radical (unpaired) electrons. The third-order valence-corrected chi connectivity index (χ3v) is 4.86.